The van der Waals surface area contributed by atoms with E-state index in [0.29, 0.717) is 22.0 Å². The van der Waals surface area contributed by atoms with Crippen molar-refractivity contribution in [1.29, 1.82) is 0 Å². The van der Waals surface area contributed by atoms with Gasteiger partial charge in [0, 0.05) is 0 Å². The molecule has 27 heavy (non-hydrogen) atoms. The van der Waals surface area contributed by atoms with Gasteiger partial charge in [-0.1, -0.05) is 41.9 Å². The molecule has 6 heteroatoms. The Morgan fingerprint density at radius 3 is 2.48 bits per heavy atom. The number of carbonyl (C=O) groups excluding carboxylic acids is 2. The monoisotopic (exact) mass is 383 g/mol. The molecule has 1 N–H and O–H groups in total. The Morgan fingerprint density at radius 2 is 1.74 bits per heavy atom. The maximum atomic E-state index is 12.5. The van der Waals surface area contributed by atoms with Crippen molar-refractivity contribution in [3.8, 4) is 5.75 Å². The van der Waals surface area contributed by atoms with Gasteiger partial charge in [0.1, 0.15) is 5.75 Å². The first kappa shape index (κ1) is 18.7. The Kier molecular flexibility index (Phi) is 5.62. The summed E-state index contributed by atoms with van der Waals surface area (Å²) in [5.41, 5.74) is 0.610. The predicted octanol–water partition coefficient (Wildman–Crippen LogP) is 4.69. The van der Waals surface area contributed by atoms with Crippen molar-refractivity contribution >= 4 is 39.9 Å². The van der Waals surface area contributed by atoms with Crippen LogP contribution in [0.3, 0.4) is 0 Å². The number of fused-ring (bicyclic) bond motifs is 1. The molecule has 0 fully saturated rings. The number of rotatable bonds is 5. The summed E-state index contributed by atoms with van der Waals surface area (Å²) >= 11 is 6.11. The summed E-state index contributed by atoms with van der Waals surface area (Å²) in [6, 6.07) is 18.0. The van der Waals surface area contributed by atoms with Crippen molar-refractivity contribution in [3.63, 3.8) is 0 Å². The van der Waals surface area contributed by atoms with Crippen LogP contribution in [0.1, 0.15) is 17.3 Å². The van der Waals surface area contributed by atoms with E-state index in [-0.39, 0.29) is 5.91 Å². The van der Waals surface area contributed by atoms with Crippen molar-refractivity contribution in [2.45, 2.75) is 13.0 Å². The van der Waals surface area contributed by atoms with Crippen LogP contribution in [0.5, 0.6) is 5.75 Å². The second kappa shape index (κ2) is 8.10. The fraction of sp³-hybridized carbons (Fsp3) is 0.143. The fourth-order valence-corrected chi connectivity index (χ4v) is 2.76. The van der Waals surface area contributed by atoms with Gasteiger partial charge >= 0.3 is 5.97 Å². The minimum absolute atomic E-state index is 0.292. The molecule has 0 aliphatic rings. The molecular weight excluding hydrogens is 366 g/mol. The first-order valence-electron chi connectivity index (χ1n) is 8.32. The molecule has 3 aromatic carbocycles. The first-order chi connectivity index (χ1) is 13.0. The van der Waals surface area contributed by atoms with Crippen LogP contribution in [0, 0.1) is 0 Å². The van der Waals surface area contributed by atoms with E-state index in [2.05, 4.69) is 10.1 Å². The number of anilines is 1. The standard InChI is InChI=1S/C21H18ClNO4/c1-13(27-17-9-7-14-5-3-4-6-15(14)11-17)20(24)23-19-12-16(21(25)26-2)8-10-18(19)22/h3-13H,1-2H3,(H,23,24)/t13-/m1/s1. The Hall–Kier alpha value is -3.05. The predicted molar refractivity (Wildman–Crippen MR) is 105 cm³/mol. The molecular formula is C21H18ClNO4. The van der Waals surface area contributed by atoms with E-state index in [1.54, 1.807) is 6.92 Å². The van der Waals surface area contributed by atoms with Gasteiger partial charge in [0.2, 0.25) is 0 Å². The summed E-state index contributed by atoms with van der Waals surface area (Å²) in [6.07, 6.45) is -0.760. The zero-order valence-electron chi connectivity index (χ0n) is 14.9. The van der Waals surface area contributed by atoms with E-state index in [4.69, 9.17) is 16.3 Å². The largest absolute Gasteiger partial charge is 0.481 e. The van der Waals surface area contributed by atoms with Gasteiger partial charge in [-0.3, -0.25) is 4.79 Å². The molecule has 0 aliphatic carbocycles. The van der Waals surface area contributed by atoms with E-state index >= 15 is 0 Å². The van der Waals surface area contributed by atoms with E-state index < -0.39 is 12.1 Å². The molecule has 0 bridgehead atoms. The maximum Gasteiger partial charge on any atom is 0.337 e. The summed E-state index contributed by atoms with van der Waals surface area (Å²) < 4.78 is 10.4. The van der Waals surface area contributed by atoms with Gasteiger partial charge in [-0.15, -0.1) is 0 Å². The summed E-state index contributed by atoms with van der Waals surface area (Å²) in [5, 5.41) is 5.11. The number of ether oxygens (including phenoxy) is 2. The zero-order valence-corrected chi connectivity index (χ0v) is 15.6. The highest BCUT2D eigenvalue weighted by molar-refractivity contribution is 6.33. The van der Waals surface area contributed by atoms with Gasteiger partial charge < -0.3 is 14.8 Å². The lowest BCUT2D eigenvalue weighted by molar-refractivity contribution is -0.122. The maximum absolute atomic E-state index is 12.5. The second-order valence-electron chi connectivity index (χ2n) is 5.94. The summed E-state index contributed by atoms with van der Waals surface area (Å²) in [5.74, 6) is -0.305. The number of esters is 1. The first-order valence-corrected chi connectivity index (χ1v) is 8.70. The minimum Gasteiger partial charge on any atom is -0.481 e. The number of hydrogen-bond donors (Lipinski definition) is 1. The molecule has 0 saturated heterocycles. The summed E-state index contributed by atoms with van der Waals surface area (Å²) in [6.45, 7) is 1.64. The van der Waals surface area contributed by atoms with Crippen LogP contribution in [0.2, 0.25) is 5.02 Å². The number of halogens is 1. The molecule has 0 aromatic heterocycles. The van der Waals surface area contributed by atoms with Crippen LogP contribution >= 0.6 is 11.6 Å². The van der Waals surface area contributed by atoms with Crippen LogP contribution in [-0.2, 0) is 9.53 Å². The van der Waals surface area contributed by atoms with Gasteiger partial charge in [-0.2, -0.15) is 0 Å². The highest BCUT2D eigenvalue weighted by Crippen LogP contribution is 2.25. The molecule has 0 unspecified atom stereocenters. The molecule has 3 aromatic rings. The van der Waals surface area contributed by atoms with Gasteiger partial charge in [0.15, 0.2) is 6.10 Å². The molecule has 0 aliphatic heterocycles. The van der Waals surface area contributed by atoms with E-state index in [1.165, 1.54) is 25.3 Å². The topological polar surface area (TPSA) is 64.6 Å². The molecule has 0 radical (unpaired) electrons. The summed E-state index contributed by atoms with van der Waals surface area (Å²) in [4.78, 5) is 24.1. The quantitative estimate of drug-likeness (QED) is 0.649. The second-order valence-corrected chi connectivity index (χ2v) is 6.35. The van der Waals surface area contributed by atoms with Crippen molar-refractivity contribution < 1.29 is 19.1 Å². The molecule has 0 spiro atoms. The fourth-order valence-electron chi connectivity index (χ4n) is 2.60. The molecule has 1 amide bonds. The SMILES string of the molecule is COC(=O)c1ccc(Cl)c(NC(=O)[C@@H](C)Oc2ccc3ccccc3c2)c1. The number of amides is 1. The molecule has 5 nitrogen and oxygen atoms in total. The van der Waals surface area contributed by atoms with Crippen LogP contribution in [0.25, 0.3) is 10.8 Å². The number of methoxy groups -OCH3 is 1. The molecule has 3 rings (SSSR count). The van der Waals surface area contributed by atoms with E-state index in [0.717, 1.165) is 10.8 Å². The number of carbonyl (C=O) groups is 2. The molecule has 0 saturated carbocycles. The lowest BCUT2D eigenvalue weighted by Gasteiger charge is -2.16. The normalized spacial score (nSPS) is 11.7. The smallest absolute Gasteiger partial charge is 0.337 e. The lowest BCUT2D eigenvalue weighted by atomic mass is 10.1. The van der Waals surface area contributed by atoms with Crippen molar-refractivity contribution in [3.05, 3.63) is 71.2 Å². The third-order valence-electron chi connectivity index (χ3n) is 4.05. The van der Waals surface area contributed by atoms with Crippen LogP contribution in [0.15, 0.2) is 60.7 Å². The van der Waals surface area contributed by atoms with E-state index in [9.17, 15) is 9.59 Å². The highest BCUT2D eigenvalue weighted by Gasteiger charge is 2.17. The average molecular weight is 384 g/mol. The number of nitrogens with one attached hydrogen (secondary N) is 1. The van der Waals surface area contributed by atoms with Gasteiger partial charge in [0.05, 0.1) is 23.4 Å². The third-order valence-corrected chi connectivity index (χ3v) is 4.38. The average Bonchev–Trinajstić information content (AvgIpc) is 2.68. The minimum atomic E-state index is -0.760. The zero-order chi connectivity index (χ0) is 19.4. The number of benzene rings is 3. The Morgan fingerprint density at radius 1 is 1.00 bits per heavy atom. The van der Waals surface area contributed by atoms with Crippen molar-refractivity contribution in [1.82, 2.24) is 0 Å². The Bertz CT molecular complexity index is 1000. The Labute approximate surface area is 161 Å². The lowest BCUT2D eigenvalue weighted by Crippen LogP contribution is -2.30. The van der Waals surface area contributed by atoms with Crippen LogP contribution < -0.4 is 10.1 Å². The van der Waals surface area contributed by atoms with Crippen LogP contribution in [-0.4, -0.2) is 25.1 Å². The molecule has 138 valence electrons. The van der Waals surface area contributed by atoms with Gasteiger partial charge in [-0.05, 0) is 48.0 Å². The van der Waals surface area contributed by atoms with Gasteiger partial charge in [0.25, 0.3) is 5.91 Å². The molecule has 0 heterocycles. The Balaban J connectivity index is 1.72. The van der Waals surface area contributed by atoms with Crippen LogP contribution in [0.4, 0.5) is 5.69 Å². The van der Waals surface area contributed by atoms with Crippen molar-refractivity contribution in [2.24, 2.45) is 0 Å². The number of hydrogen-bond acceptors (Lipinski definition) is 4. The van der Waals surface area contributed by atoms with E-state index in [1.807, 2.05) is 42.5 Å². The van der Waals surface area contributed by atoms with Gasteiger partial charge in [-0.25, -0.2) is 4.79 Å². The third kappa shape index (κ3) is 4.38. The summed E-state index contributed by atoms with van der Waals surface area (Å²) in [7, 11) is 1.29. The van der Waals surface area contributed by atoms with Crippen molar-refractivity contribution in [2.75, 3.05) is 12.4 Å². The molecule has 1 atom stereocenters. The highest BCUT2D eigenvalue weighted by atomic mass is 35.5.